The fourth-order valence-corrected chi connectivity index (χ4v) is 3.09. The molecule has 4 heteroatoms. The zero-order valence-corrected chi connectivity index (χ0v) is 13.5. The number of hydrogen-bond donors (Lipinski definition) is 0. The van der Waals surface area contributed by atoms with Gasteiger partial charge in [-0.05, 0) is 41.6 Å². The first-order chi connectivity index (χ1) is 11.7. The van der Waals surface area contributed by atoms with Crippen molar-refractivity contribution in [3.05, 3.63) is 82.8 Å². The molecule has 0 aliphatic rings. The van der Waals surface area contributed by atoms with E-state index in [1.165, 1.54) is 16.3 Å². The molecule has 1 aromatic heterocycles. The van der Waals surface area contributed by atoms with E-state index in [9.17, 15) is 4.79 Å². The Kier molecular flexibility index (Phi) is 3.67. The Balaban J connectivity index is 1.58. The highest BCUT2D eigenvalue weighted by Crippen LogP contribution is 2.17. The Morgan fingerprint density at radius 2 is 1.71 bits per heavy atom. The molecule has 0 aliphatic heterocycles. The van der Waals surface area contributed by atoms with Crippen molar-refractivity contribution in [2.45, 2.75) is 13.2 Å². The molecule has 0 radical (unpaired) electrons. The van der Waals surface area contributed by atoms with Crippen LogP contribution in [0.1, 0.15) is 5.56 Å². The summed E-state index contributed by atoms with van der Waals surface area (Å²) < 4.78 is 6.95. The fourth-order valence-electron chi connectivity index (χ4n) is 3.09. The number of oxazole rings is 1. The van der Waals surface area contributed by atoms with Gasteiger partial charge >= 0.3 is 5.76 Å². The van der Waals surface area contributed by atoms with Gasteiger partial charge in [0.25, 0.3) is 0 Å². The van der Waals surface area contributed by atoms with Crippen molar-refractivity contribution in [1.82, 2.24) is 9.47 Å². The zero-order chi connectivity index (χ0) is 16.5. The zero-order valence-electron chi connectivity index (χ0n) is 13.5. The Labute approximate surface area is 139 Å². The van der Waals surface area contributed by atoms with Crippen molar-refractivity contribution in [3.63, 3.8) is 0 Å². The average Bonchev–Trinajstić information content (AvgIpc) is 2.90. The van der Waals surface area contributed by atoms with Gasteiger partial charge in [0, 0.05) is 6.54 Å². The topological polar surface area (TPSA) is 38.4 Å². The smallest absolute Gasteiger partial charge is 0.408 e. The van der Waals surface area contributed by atoms with E-state index in [0.29, 0.717) is 12.3 Å². The number of aromatic nitrogens is 1. The summed E-state index contributed by atoms with van der Waals surface area (Å²) in [5.74, 6) is -0.318. The molecule has 0 saturated carbocycles. The number of fused-ring (bicyclic) bond motifs is 2. The Bertz CT molecular complexity index is 1060. The predicted octanol–water partition coefficient (Wildman–Crippen LogP) is 3.84. The van der Waals surface area contributed by atoms with E-state index in [1.807, 2.05) is 43.4 Å². The summed E-state index contributed by atoms with van der Waals surface area (Å²) in [6, 6.07) is 22.3. The third kappa shape index (κ3) is 2.72. The molecule has 120 valence electrons. The Hall–Kier alpha value is -2.85. The van der Waals surface area contributed by atoms with Gasteiger partial charge in [0.05, 0.1) is 12.2 Å². The summed E-state index contributed by atoms with van der Waals surface area (Å²) in [7, 11) is 2.00. The summed E-state index contributed by atoms with van der Waals surface area (Å²) in [5.41, 5.74) is 2.67. The van der Waals surface area contributed by atoms with E-state index in [0.717, 1.165) is 12.1 Å². The standard InChI is InChI=1S/C20H18N2O2/c1-21(13-15-10-11-16-6-2-3-7-17(16)12-15)14-22-18-8-4-5-9-19(18)24-20(22)23/h2-12H,13-14H2,1H3. The van der Waals surface area contributed by atoms with Crippen molar-refractivity contribution in [1.29, 1.82) is 0 Å². The molecular weight excluding hydrogens is 300 g/mol. The molecule has 0 spiro atoms. The third-order valence-electron chi connectivity index (χ3n) is 4.22. The molecule has 0 N–H and O–H groups in total. The van der Waals surface area contributed by atoms with Crippen molar-refractivity contribution in [3.8, 4) is 0 Å². The number of hydrogen-bond acceptors (Lipinski definition) is 3. The van der Waals surface area contributed by atoms with Crippen LogP contribution in [0.3, 0.4) is 0 Å². The van der Waals surface area contributed by atoms with Gasteiger partial charge in [-0.15, -0.1) is 0 Å². The van der Waals surface area contributed by atoms with E-state index in [1.54, 1.807) is 4.57 Å². The van der Waals surface area contributed by atoms with Crippen LogP contribution in [0.2, 0.25) is 0 Å². The first-order valence-corrected chi connectivity index (χ1v) is 7.95. The van der Waals surface area contributed by atoms with E-state index in [2.05, 4.69) is 35.2 Å². The lowest BCUT2D eigenvalue weighted by Gasteiger charge is -2.17. The van der Waals surface area contributed by atoms with Gasteiger partial charge in [0.15, 0.2) is 5.58 Å². The quantitative estimate of drug-likeness (QED) is 0.574. The van der Waals surface area contributed by atoms with Crippen LogP contribution < -0.4 is 5.76 Å². The molecule has 0 unspecified atom stereocenters. The van der Waals surface area contributed by atoms with Crippen LogP contribution in [0, 0.1) is 0 Å². The minimum absolute atomic E-state index is 0.318. The number of rotatable bonds is 4. The summed E-state index contributed by atoms with van der Waals surface area (Å²) >= 11 is 0. The molecular formula is C20H18N2O2. The van der Waals surface area contributed by atoms with E-state index < -0.39 is 0 Å². The average molecular weight is 318 g/mol. The van der Waals surface area contributed by atoms with Crippen molar-refractivity contribution in [2.75, 3.05) is 7.05 Å². The maximum atomic E-state index is 12.1. The number of benzene rings is 3. The molecule has 1 heterocycles. The Morgan fingerprint density at radius 3 is 2.58 bits per heavy atom. The largest absolute Gasteiger partial charge is 0.421 e. The van der Waals surface area contributed by atoms with Gasteiger partial charge in [-0.2, -0.15) is 0 Å². The molecule has 0 fully saturated rings. The van der Waals surface area contributed by atoms with Crippen molar-refractivity contribution in [2.24, 2.45) is 0 Å². The van der Waals surface area contributed by atoms with Gasteiger partial charge in [0.1, 0.15) is 0 Å². The minimum atomic E-state index is -0.318. The third-order valence-corrected chi connectivity index (χ3v) is 4.22. The summed E-state index contributed by atoms with van der Waals surface area (Å²) in [6.07, 6.45) is 0. The molecule has 3 aromatic carbocycles. The van der Waals surface area contributed by atoms with Gasteiger partial charge in [-0.1, -0.05) is 48.5 Å². The van der Waals surface area contributed by atoms with Crippen molar-refractivity contribution >= 4 is 21.9 Å². The number of para-hydroxylation sites is 2. The normalized spacial score (nSPS) is 11.6. The summed E-state index contributed by atoms with van der Waals surface area (Å²) in [6.45, 7) is 1.25. The van der Waals surface area contributed by atoms with Crippen LogP contribution in [0.15, 0.2) is 75.9 Å². The molecule has 0 saturated heterocycles. The van der Waals surface area contributed by atoms with E-state index in [4.69, 9.17) is 4.42 Å². The van der Waals surface area contributed by atoms with Crippen LogP contribution >= 0.6 is 0 Å². The lowest BCUT2D eigenvalue weighted by atomic mass is 10.1. The van der Waals surface area contributed by atoms with Gasteiger partial charge < -0.3 is 4.42 Å². The SMILES string of the molecule is CN(Cc1ccc2ccccc2c1)Cn1c(=O)oc2ccccc21. The van der Waals surface area contributed by atoms with E-state index >= 15 is 0 Å². The second kappa shape index (κ2) is 5.98. The molecule has 4 rings (SSSR count). The predicted molar refractivity (Wildman–Crippen MR) is 95.9 cm³/mol. The molecule has 0 atom stereocenters. The second-order valence-corrected chi connectivity index (χ2v) is 6.10. The molecule has 4 nitrogen and oxygen atoms in total. The first-order valence-electron chi connectivity index (χ1n) is 7.95. The van der Waals surface area contributed by atoms with Gasteiger partial charge in [-0.25, -0.2) is 4.79 Å². The highest BCUT2D eigenvalue weighted by Gasteiger charge is 2.10. The second-order valence-electron chi connectivity index (χ2n) is 6.10. The van der Waals surface area contributed by atoms with Gasteiger partial charge in [0.2, 0.25) is 0 Å². The van der Waals surface area contributed by atoms with Crippen LogP contribution in [0.25, 0.3) is 21.9 Å². The summed E-state index contributed by atoms with van der Waals surface area (Å²) in [5, 5.41) is 2.47. The monoisotopic (exact) mass is 318 g/mol. The lowest BCUT2D eigenvalue weighted by molar-refractivity contribution is 0.253. The highest BCUT2D eigenvalue weighted by atomic mass is 16.4. The molecule has 0 bridgehead atoms. The minimum Gasteiger partial charge on any atom is -0.408 e. The van der Waals surface area contributed by atoms with Crippen LogP contribution in [-0.2, 0) is 13.2 Å². The van der Waals surface area contributed by atoms with Crippen molar-refractivity contribution < 1.29 is 4.42 Å². The van der Waals surface area contributed by atoms with Crippen LogP contribution in [0.5, 0.6) is 0 Å². The van der Waals surface area contributed by atoms with Crippen LogP contribution in [-0.4, -0.2) is 16.5 Å². The first kappa shape index (κ1) is 14.7. The molecule has 4 aromatic rings. The fraction of sp³-hybridized carbons (Fsp3) is 0.150. The molecule has 0 amide bonds. The summed E-state index contributed by atoms with van der Waals surface area (Å²) in [4.78, 5) is 14.2. The van der Waals surface area contributed by atoms with Gasteiger partial charge in [-0.3, -0.25) is 9.47 Å². The van der Waals surface area contributed by atoms with Crippen LogP contribution in [0.4, 0.5) is 0 Å². The Morgan fingerprint density at radius 1 is 0.958 bits per heavy atom. The maximum Gasteiger partial charge on any atom is 0.421 e. The maximum absolute atomic E-state index is 12.1. The lowest BCUT2D eigenvalue weighted by Crippen LogP contribution is -2.27. The highest BCUT2D eigenvalue weighted by molar-refractivity contribution is 5.83. The molecule has 0 aliphatic carbocycles. The molecule has 24 heavy (non-hydrogen) atoms. The number of nitrogens with zero attached hydrogens (tertiary/aromatic N) is 2. The van der Waals surface area contributed by atoms with E-state index in [-0.39, 0.29) is 5.76 Å².